The molecule has 0 bridgehead atoms. The molecule has 0 unspecified atom stereocenters. The van der Waals surface area contributed by atoms with E-state index in [0.717, 1.165) is 25.8 Å². The van der Waals surface area contributed by atoms with E-state index < -0.39 is 6.04 Å². The van der Waals surface area contributed by atoms with Gasteiger partial charge in [0.15, 0.2) is 0 Å². The maximum absolute atomic E-state index is 12.9. The number of nitrogens with zero attached hydrogens (tertiary/aromatic N) is 2. The molecule has 1 N–H and O–H groups in total. The summed E-state index contributed by atoms with van der Waals surface area (Å²) in [5.41, 5.74) is 0.461. The van der Waals surface area contributed by atoms with Crippen LogP contribution in [-0.2, 0) is 9.59 Å². The highest BCUT2D eigenvalue weighted by atomic mass is 35.5. The van der Waals surface area contributed by atoms with Crippen molar-refractivity contribution in [1.29, 1.82) is 0 Å². The van der Waals surface area contributed by atoms with Crippen molar-refractivity contribution >= 4 is 29.1 Å². The first kappa shape index (κ1) is 16.4. The van der Waals surface area contributed by atoms with Gasteiger partial charge < -0.3 is 5.11 Å². The lowest BCUT2D eigenvalue weighted by atomic mass is 9.97. The highest BCUT2D eigenvalue weighted by molar-refractivity contribution is 6.36. The lowest BCUT2D eigenvalue weighted by Crippen LogP contribution is -2.50. The fraction of sp³-hybridized carbons (Fsp3) is 0.529. The lowest BCUT2D eigenvalue weighted by Gasteiger charge is -2.38. The second kappa shape index (κ2) is 6.99. The second-order valence-corrected chi connectivity index (χ2v) is 6.55. The molecule has 5 nitrogen and oxygen atoms in total. The van der Waals surface area contributed by atoms with Crippen molar-refractivity contribution in [2.75, 3.05) is 18.1 Å². The Morgan fingerprint density at radius 3 is 2.74 bits per heavy atom. The van der Waals surface area contributed by atoms with Crippen LogP contribution < -0.4 is 4.90 Å². The van der Waals surface area contributed by atoms with Crippen LogP contribution in [0.5, 0.6) is 0 Å². The van der Waals surface area contributed by atoms with E-state index in [0.29, 0.717) is 17.1 Å². The van der Waals surface area contributed by atoms with Crippen LogP contribution in [0.25, 0.3) is 0 Å². The van der Waals surface area contributed by atoms with E-state index >= 15 is 0 Å². The van der Waals surface area contributed by atoms with Crippen molar-refractivity contribution in [3.05, 3.63) is 29.3 Å². The Bertz CT molecular complexity index is 605. The molecule has 6 heteroatoms. The molecule has 2 heterocycles. The zero-order chi connectivity index (χ0) is 16.4. The van der Waals surface area contributed by atoms with Gasteiger partial charge in [-0.15, -0.1) is 0 Å². The third kappa shape index (κ3) is 3.13. The molecule has 2 saturated heterocycles. The molecular formula is C17H21ClN2O3. The number of rotatable bonds is 4. The van der Waals surface area contributed by atoms with E-state index in [-0.39, 0.29) is 30.9 Å². The van der Waals surface area contributed by atoms with Crippen LogP contribution in [0.4, 0.5) is 5.69 Å². The van der Waals surface area contributed by atoms with Crippen molar-refractivity contribution < 1.29 is 14.7 Å². The molecular weight excluding hydrogens is 316 g/mol. The van der Waals surface area contributed by atoms with Crippen molar-refractivity contribution in [1.82, 2.24) is 4.90 Å². The molecule has 124 valence electrons. The Balaban J connectivity index is 1.84. The zero-order valence-electron chi connectivity index (χ0n) is 12.9. The van der Waals surface area contributed by atoms with Gasteiger partial charge in [0, 0.05) is 12.6 Å². The summed E-state index contributed by atoms with van der Waals surface area (Å²) in [5.74, 6) is -0.408. The van der Waals surface area contributed by atoms with Crippen LogP contribution >= 0.6 is 11.6 Å². The Morgan fingerprint density at radius 1 is 1.22 bits per heavy atom. The number of aliphatic hydroxyl groups excluding tert-OH is 1. The van der Waals surface area contributed by atoms with Crippen molar-refractivity contribution in [2.45, 2.75) is 44.2 Å². The average Bonchev–Trinajstić information content (AvgIpc) is 2.84. The first-order chi connectivity index (χ1) is 11.1. The fourth-order valence-corrected chi connectivity index (χ4v) is 3.87. The molecule has 0 aromatic heterocycles. The summed E-state index contributed by atoms with van der Waals surface area (Å²) in [6, 6.07) is 6.65. The average molecular weight is 337 g/mol. The number of aliphatic hydroxyl groups is 1. The van der Waals surface area contributed by atoms with Crippen LogP contribution in [0.1, 0.15) is 32.1 Å². The largest absolute Gasteiger partial charge is 0.396 e. The number of carbonyl (C=O) groups is 2. The predicted molar refractivity (Wildman–Crippen MR) is 88.4 cm³/mol. The van der Waals surface area contributed by atoms with Gasteiger partial charge in [0.2, 0.25) is 5.91 Å². The minimum atomic E-state index is -0.435. The van der Waals surface area contributed by atoms with E-state index in [2.05, 4.69) is 4.90 Å². The number of hydrogen-bond acceptors (Lipinski definition) is 4. The Morgan fingerprint density at radius 2 is 2.00 bits per heavy atom. The zero-order valence-corrected chi connectivity index (χ0v) is 13.7. The number of piperidine rings is 1. The van der Waals surface area contributed by atoms with E-state index in [4.69, 9.17) is 11.6 Å². The van der Waals surface area contributed by atoms with Gasteiger partial charge in [-0.1, -0.05) is 30.2 Å². The predicted octanol–water partition coefficient (Wildman–Crippen LogP) is 2.21. The minimum absolute atomic E-state index is 0.101. The molecule has 3 rings (SSSR count). The molecule has 1 aromatic carbocycles. The number of para-hydroxylation sites is 1. The van der Waals surface area contributed by atoms with Gasteiger partial charge >= 0.3 is 0 Å². The van der Waals surface area contributed by atoms with Gasteiger partial charge in [0.1, 0.15) is 0 Å². The number of hydrogen-bond donors (Lipinski definition) is 1. The fourth-order valence-electron chi connectivity index (χ4n) is 3.65. The van der Waals surface area contributed by atoms with Crippen molar-refractivity contribution in [3.8, 4) is 0 Å². The van der Waals surface area contributed by atoms with Gasteiger partial charge in [-0.3, -0.25) is 14.5 Å². The molecule has 2 aliphatic heterocycles. The van der Waals surface area contributed by atoms with E-state index in [1.54, 1.807) is 24.3 Å². The maximum Gasteiger partial charge on any atom is 0.251 e. The quantitative estimate of drug-likeness (QED) is 0.856. The summed E-state index contributed by atoms with van der Waals surface area (Å²) in [4.78, 5) is 28.6. The summed E-state index contributed by atoms with van der Waals surface area (Å²) < 4.78 is 0. The number of halogens is 1. The van der Waals surface area contributed by atoms with Gasteiger partial charge in [-0.25, -0.2) is 4.90 Å². The molecule has 1 aromatic rings. The van der Waals surface area contributed by atoms with E-state index in [9.17, 15) is 14.7 Å². The van der Waals surface area contributed by atoms with Gasteiger partial charge in [-0.05, 0) is 37.9 Å². The highest BCUT2D eigenvalue weighted by Gasteiger charge is 2.45. The number of anilines is 1. The van der Waals surface area contributed by atoms with Crippen LogP contribution in [0.15, 0.2) is 24.3 Å². The van der Waals surface area contributed by atoms with Crippen molar-refractivity contribution in [3.63, 3.8) is 0 Å². The summed E-state index contributed by atoms with van der Waals surface area (Å²) in [5, 5.41) is 9.66. The molecule has 0 radical (unpaired) electrons. The SMILES string of the molecule is O=C1C[C@H](N2CCCC[C@H]2CCO)C(=O)N1c1ccccc1Cl. The van der Waals surface area contributed by atoms with Crippen LogP contribution in [0.3, 0.4) is 0 Å². The Labute approximate surface area is 140 Å². The van der Waals surface area contributed by atoms with Crippen LogP contribution in [-0.4, -0.2) is 47.1 Å². The summed E-state index contributed by atoms with van der Waals surface area (Å²) in [7, 11) is 0. The molecule has 2 aliphatic rings. The number of benzene rings is 1. The summed E-state index contributed by atoms with van der Waals surface area (Å²) >= 11 is 6.15. The first-order valence-corrected chi connectivity index (χ1v) is 8.49. The molecule has 0 saturated carbocycles. The number of carbonyl (C=O) groups excluding carboxylic acids is 2. The molecule has 0 spiro atoms. The molecule has 2 fully saturated rings. The molecule has 2 amide bonds. The highest BCUT2D eigenvalue weighted by Crippen LogP contribution is 2.33. The minimum Gasteiger partial charge on any atom is -0.396 e. The smallest absolute Gasteiger partial charge is 0.251 e. The number of amides is 2. The Hall–Kier alpha value is -1.43. The second-order valence-electron chi connectivity index (χ2n) is 6.14. The van der Waals surface area contributed by atoms with E-state index in [1.165, 1.54) is 4.90 Å². The van der Waals surface area contributed by atoms with Crippen molar-refractivity contribution in [2.24, 2.45) is 0 Å². The molecule has 0 aliphatic carbocycles. The topological polar surface area (TPSA) is 60.9 Å². The summed E-state index contributed by atoms with van der Waals surface area (Å²) in [6.45, 7) is 0.898. The van der Waals surface area contributed by atoms with Gasteiger partial charge in [0.05, 0.1) is 23.2 Å². The summed E-state index contributed by atoms with van der Waals surface area (Å²) in [6.07, 6.45) is 3.91. The molecule has 23 heavy (non-hydrogen) atoms. The molecule has 2 atom stereocenters. The normalized spacial score (nSPS) is 26.1. The maximum atomic E-state index is 12.9. The third-order valence-corrected chi connectivity index (χ3v) is 5.07. The monoisotopic (exact) mass is 336 g/mol. The first-order valence-electron chi connectivity index (χ1n) is 8.11. The van der Waals surface area contributed by atoms with E-state index in [1.807, 2.05) is 0 Å². The lowest BCUT2D eigenvalue weighted by molar-refractivity contribution is -0.123. The third-order valence-electron chi connectivity index (χ3n) is 4.75. The standard InChI is InChI=1S/C17H21ClN2O3/c18-13-6-1-2-7-14(13)20-16(22)11-15(17(20)23)19-9-4-3-5-12(19)8-10-21/h1-2,6-7,12,15,21H,3-5,8-11H2/t12-,15-/m0/s1. The number of imide groups is 1. The van der Waals surface area contributed by atoms with Crippen LogP contribution in [0, 0.1) is 0 Å². The van der Waals surface area contributed by atoms with Crippen LogP contribution in [0.2, 0.25) is 5.02 Å². The number of likely N-dealkylation sites (tertiary alicyclic amines) is 1. The van der Waals surface area contributed by atoms with Gasteiger partial charge in [0.25, 0.3) is 5.91 Å². The Kier molecular flexibility index (Phi) is 4.99. The van der Waals surface area contributed by atoms with Gasteiger partial charge in [-0.2, -0.15) is 0 Å².